The number of anilines is 1. The predicted octanol–water partition coefficient (Wildman–Crippen LogP) is 2.86. The van der Waals surface area contributed by atoms with E-state index in [0.717, 1.165) is 35.7 Å². The molecule has 1 saturated heterocycles. The molecule has 158 valence electrons. The van der Waals surface area contributed by atoms with Crippen LogP contribution in [0.4, 0.5) is 10.6 Å². The second kappa shape index (κ2) is 8.17. The van der Waals surface area contributed by atoms with Gasteiger partial charge in [-0.15, -0.1) is 5.10 Å². The molecule has 1 aliphatic rings. The molecule has 0 N–H and O–H groups in total. The number of imidazole rings is 1. The van der Waals surface area contributed by atoms with Crippen molar-refractivity contribution in [1.82, 2.24) is 24.5 Å². The largest absolute Gasteiger partial charge is 0.481 e. The van der Waals surface area contributed by atoms with Crippen molar-refractivity contribution < 1.29 is 14.3 Å². The van der Waals surface area contributed by atoms with Crippen molar-refractivity contribution in [2.75, 3.05) is 32.1 Å². The average molecular weight is 410 g/mol. The summed E-state index contributed by atoms with van der Waals surface area (Å²) in [7, 11) is 3.39. The van der Waals surface area contributed by atoms with E-state index < -0.39 is 0 Å². The van der Waals surface area contributed by atoms with Crippen molar-refractivity contribution in [2.24, 2.45) is 0 Å². The number of hydrogen-bond acceptors (Lipinski definition) is 7. The predicted molar refractivity (Wildman–Crippen MR) is 113 cm³/mol. The quantitative estimate of drug-likeness (QED) is 0.639. The molecular weight excluding hydrogens is 384 g/mol. The number of aromatic nitrogens is 4. The van der Waals surface area contributed by atoms with Crippen LogP contribution in [-0.4, -0.2) is 70.0 Å². The SMILES string of the molecule is COc1ncccc1-c1cnc2ccc(N3CCC(N(C)C(=O)OC(C)C)C3)nn12. The highest BCUT2D eigenvalue weighted by atomic mass is 16.6. The summed E-state index contributed by atoms with van der Waals surface area (Å²) >= 11 is 0. The van der Waals surface area contributed by atoms with Crippen LogP contribution in [0.2, 0.25) is 0 Å². The third-order valence-corrected chi connectivity index (χ3v) is 5.25. The van der Waals surface area contributed by atoms with Gasteiger partial charge in [-0.25, -0.2) is 19.3 Å². The van der Waals surface area contributed by atoms with Crippen LogP contribution in [0, 0.1) is 0 Å². The Hall–Kier alpha value is -3.36. The molecule has 1 fully saturated rings. The monoisotopic (exact) mass is 410 g/mol. The lowest BCUT2D eigenvalue weighted by atomic mass is 10.2. The van der Waals surface area contributed by atoms with Gasteiger partial charge in [-0.3, -0.25) is 0 Å². The smallest absolute Gasteiger partial charge is 0.410 e. The molecule has 0 bridgehead atoms. The fraction of sp³-hybridized carbons (Fsp3) is 0.429. The molecule has 0 spiro atoms. The Morgan fingerprint density at radius 1 is 1.27 bits per heavy atom. The molecule has 0 aromatic carbocycles. The molecule has 9 nitrogen and oxygen atoms in total. The third kappa shape index (κ3) is 3.74. The Morgan fingerprint density at radius 3 is 2.87 bits per heavy atom. The van der Waals surface area contributed by atoms with E-state index in [1.165, 1.54) is 0 Å². The number of likely N-dealkylation sites (N-methyl/N-ethyl adjacent to an activating group) is 1. The molecule has 0 saturated carbocycles. The third-order valence-electron chi connectivity index (χ3n) is 5.25. The number of fused-ring (bicyclic) bond motifs is 1. The number of amides is 1. The molecular formula is C21H26N6O3. The Morgan fingerprint density at radius 2 is 2.10 bits per heavy atom. The molecule has 0 radical (unpaired) electrons. The van der Waals surface area contributed by atoms with Gasteiger partial charge in [0.05, 0.1) is 36.7 Å². The second-order valence-electron chi connectivity index (χ2n) is 7.60. The van der Waals surface area contributed by atoms with E-state index in [0.29, 0.717) is 12.4 Å². The summed E-state index contributed by atoms with van der Waals surface area (Å²) in [5, 5.41) is 4.82. The van der Waals surface area contributed by atoms with Gasteiger partial charge in [0.15, 0.2) is 5.65 Å². The van der Waals surface area contributed by atoms with Crippen molar-refractivity contribution in [3.63, 3.8) is 0 Å². The minimum Gasteiger partial charge on any atom is -0.481 e. The Balaban J connectivity index is 1.58. The molecule has 4 rings (SSSR count). The van der Waals surface area contributed by atoms with Gasteiger partial charge < -0.3 is 19.3 Å². The highest BCUT2D eigenvalue weighted by Crippen LogP contribution is 2.29. The van der Waals surface area contributed by atoms with Crippen LogP contribution < -0.4 is 9.64 Å². The van der Waals surface area contributed by atoms with E-state index in [9.17, 15) is 4.79 Å². The van der Waals surface area contributed by atoms with Gasteiger partial charge in [0, 0.05) is 26.3 Å². The van der Waals surface area contributed by atoms with Crippen LogP contribution in [0.3, 0.4) is 0 Å². The summed E-state index contributed by atoms with van der Waals surface area (Å²) in [6.07, 6.45) is 3.90. The van der Waals surface area contributed by atoms with Crippen LogP contribution in [-0.2, 0) is 4.74 Å². The molecule has 1 atom stereocenters. The molecule has 3 aromatic rings. The Kier molecular flexibility index (Phi) is 5.43. The number of pyridine rings is 1. The Labute approximate surface area is 175 Å². The highest BCUT2D eigenvalue weighted by molar-refractivity contribution is 5.69. The van der Waals surface area contributed by atoms with Gasteiger partial charge in [-0.2, -0.15) is 0 Å². The van der Waals surface area contributed by atoms with Crippen LogP contribution in [0.5, 0.6) is 5.88 Å². The minimum absolute atomic E-state index is 0.0782. The molecule has 9 heteroatoms. The van der Waals surface area contributed by atoms with Crippen LogP contribution in [0.1, 0.15) is 20.3 Å². The zero-order chi connectivity index (χ0) is 21.3. The lowest BCUT2D eigenvalue weighted by Crippen LogP contribution is -2.40. The first-order chi connectivity index (χ1) is 14.5. The zero-order valence-corrected chi connectivity index (χ0v) is 17.6. The fourth-order valence-corrected chi connectivity index (χ4v) is 3.66. The maximum atomic E-state index is 12.2. The van der Waals surface area contributed by atoms with Gasteiger partial charge in [-0.05, 0) is 44.5 Å². The molecule has 1 amide bonds. The van der Waals surface area contributed by atoms with Gasteiger partial charge in [0.1, 0.15) is 5.82 Å². The number of methoxy groups -OCH3 is 1. The lowest BCUT2D eigenvalue weighted by molar-refractivity contribution is 0.0748. The molecule has 4 heterocycles. The van der Waals surface area contributed by atoms with E-state index in [1.807, 2.05) is 38.1 Å². The zero-order valence-electron chi connectivity index (χ0n) is 17.6. The molecule has 30 heavy (non-hydrogen) atoms. The number of ether oxygens (including phenoxy) is 2. The second-order valence-corrected chi connectivity index (χ2v) is 7.60. The van der Waals surface area contributed by atoms with Crippen molar-refractivity contribution in [2.45, 2.75) is 32.4 Å². The van der Waals surface area contributed by atoms with Crippen molar-refractivity contribution in [3.8, 4) is 17.1 Å². The average Bonchev–Trinajstić information content (AvgIpc) is 3.39. The van der Waals surface area contributed by atoms with Gasteiger partial charge in [0.25, 0.3) is 0 Å². The summed E-state index contributed by atoms with van der Waals surface area (Å²) in [6, 6.07) is 7.78. The van der Waals surface area contributed by atoms with Crippen LogP contribution in [0.15, 0.2) is 36.7 Å². The summed E-state index contributed by atoms with van der Waals surface area (Å²) in [5.41, 5.74) is 2.38. The molecule has 1 unspecified atom stereocenters. The van der Waals surface area contributed by atoms with Crippen molar-refractivity contribution in [3.05, 3.63) is 36.7 Å². The minimum atomic E-state index is -0.291. The molecule has 1 aliphatic heterocycles. The van der Waals surface area contributed by atoms with E-state index in [2.05, 4.69) is 14.9 Å². The fourth-order valence-electron chi connectivity index (χ4n) is 3.66. The first-order valence-corrected chi connectivity index (χ1v) is 10.0. The summed E-state index contributed by atoms with van der Waals surface area (Å²) in [6.45, 7) is 5.21. The van der Waals surface area contributed by atoms with E-state index in [1.54, 1.807) is 36.0 Å². The summed E-state index contributed by atoms with van der Waals surface area (Å²) < 4.78 is 12.5. The van der Waals surface area contributed by atoms with E-state index in [4.69, 9.17) is 14.6 Å². The topological polar surface area (TPSA) is 85.1 Å². The standard InChI is InChI=1S/C21H26N6O3/c1-14(2)30-21(28)25(3)15-9-11-26(13-15)19-8-7-18-23-12-17(27(18)24-19)16-6-5-10-22-20(16)29-4/h5-8,10,12,14-15H,9,11,13H2,1-4H3. The summed E-state index contributed by atoms with van der Waals surface area (Å²) in [5.74, 6) is 1.36. The molecule has 3 aromatic heterocycles. The van der Waals surface area contributed by atoms with Crippen LogP contribution in [0.25, 0.3) is 16.9 Å². The van der Waals surface area contributed by atoms with Gasteiger partial charge in [-0.1, -0.05) is 0 Å². The van der Waals surface area contributed by atoms with E-state index in [-0.39, 0.29) is 18.2 Å². The molecule has 0 aliphatic carbocycles. The first-order valence-electron chi connectivity index (χ1n) is 10.0. The Bertz CT molecular complexity index is 1050. The van der Waals surface area contributed by atoms with Crippen molar-refractivity contribution >= 4 is 17.6 Å². The number of carbonyl (C=O) groups excluding carboxylic acids is 1. The normalized spacial score (nSPS) is 16.3. The van der Waals surface area contributed by atoms with Crippen molar-refractivity contribution in [1.29, 1.82) is 0 Å². The van der Waals surface area contributed by atoms with Gasteiger partial charge in [0.2, 0.25) is 5.88 Å². The number of hydrogen-bond donors (Lipinski definition) is 0. The van der Waals surface area contributed by atoms with Gasteiger partial charge >= 0.3 is 6.09 Å². The number of carbonyl (C=O) groups is 1. The maximum absolute atomic E-state index is 12.2. The summed E-state index contributed by atoms with van der Waals surface area (Å²) in [4.78, 5) is 24.8. The van der Waals surface area contributed by atoms with E-state index >= 15 is 0 Å². The first kappa shape index (κ1) is 19.9. The highest BCUT2D eigenvalue weighted by Gasteiger charge is 2.30. The maximum Gasteiger partial charge on any atom is 0.410 e. The van der Waals surface area contributed by atoms with Crippen LogP contribution >= 0.6 is 0 Å². The lowest BCUT2D eigenvalue weighted by Gasteiger charge is -2.25. The number of nitrogens with zero attached hydrogens (tertiary/aromatic N) is 6. The number of rotatable bonds is 5.